The van der Waals surface area contributed by atoms with Crippen LogP contribution in [-0.2, 0) is 13.0 Å². The summed E-state index contributed by atoms with van der Waals surface area (Å²) in [5.41, 5.74) is 2.86. The van der Waals surface area contributed by atoms with Crippen LogP contribution in [0.2, 0.25) is 0 Å². The van der Waals surface area contributed by atoms with Gasteiger partial charge < -0.3 is 15.4 Å². The van der Waals surface area contributed by atoms with Crippen molar-refractivity contribution in [3.8, 4) is 11.8 Å². The molecule has 0 saturated heterocycles. The van der Waals surface area contributed by atoms with E-state index in [-0.39, 0.29) is 24.0 Å². The van der Waals surface area contributed by atoms with E-state index in [0.717, 1.165) is 35.8 Å². The number of aliphatic imine (C=N–C) groups is 1. The highest BCUT2D eigenvalue weighted by molar-refractivity contribution is 14.0. The SMILES string of the molecule is CN=C(NCCc1ccccc1OC)NCc1cccc(C#N)c1.I. The van der Waals surface area contributed by atoms with Crippen LogP contribution in [0.25, 0.3) is 0 Å². The number of halogens is 1. The number of hydrogen-bond acceptors (Lipinski definition) is 3. The van der Waals surface area contributed by atoms with Crippen LogP contribution < -0.4 is 15.4 Å². The molecule has 0 heterocycles. The number of ether oxygens (including phenoxy) is 1. The molecule has 2 aromatic carbocycles. The van der Waals surface area contributed by atoms with Crippen LogP contribution in [0, 0.1) is 11.3 Å². The van der Waals surface area contributed by atoms with Gasteiger partial charge in [0.25, 0.3) is 0 Å². The zero-order valence-electron chi connectivity index (χ0n) is 14.5. The summed E-state index contributed by atoms with van der Waals surface area (Å²) in [6.45, 7) is 1.36. The maximum atomic E-state index is 8.94. The van der Waals surface area contributed by atoms with Crippen LogP contribution >= 0.6 is 24.0 Å². The Morgan fingerprint density at radius 3 is 2.68 bits per heavy atom. The van der Waals surface area contributed by atoms with Crippen molar-refractivity contribution >= 4 is 29.9 Å². The molecule has 0 radical (unpaired) electrons. The zero-order valence-corrected chi connectivity index (χ0v) is 16.8. The standard InChI is InChI=1S/C19H22N4O.HI/c1-21-19(23-14-16-7-5-6-15(12-16)13-20)22-11-10-17-8-3-4-9-18(17)24-2;/h3-9,12H,10-11,14H2,1-2H3,(H2,21,22,23);1H. The smallest absolute Gasteiger partial charge is 0.191 e. The van der Waals surface area contributed by atoms with Crippen LogP contribution in [0.4, 0.5) is 0 Å². The number of para-hydroxylation sites is 1. The predicted octanol–water partition coefficient (Wildman–Crippen LogP) is 3.09. The van der Waals surface area contributed by atoms with Gasteiger partial charge in [-0.1, -0.05) is 30.3 Å². The molecule has 2 rings (SSSR count). The molecule has 0 unspecified atom stereocenters. The van der Waals surface area contributed by atoms with Gasteiger partial charge in [-0.3, -0.25) is 4.99 Å². The summed E-state index contributed by atoms with van der Waals surface area (Å²) in [6, 6.07) is 17.7. The van der Waals surface area contributed by atoms with Crippen molar-refractivity contribution in [1.82, 2.24) is 10.6 Å². The van der Waals surface area contributed by atoms with Gasteiger partial charge in [-0.05, 0) is 35.7 Å². The number of guanidine groups is 1. The van der Waals surface area contributed by atoms with Crippen molar-refractivity contribution in [3.05, 3.63) is 65.2 Å². The summed E-state index contributed by atoms with van der Waals surface area (Å²) in [5.74, 6) is 1.63. The lowest BCUT2D eigenvalue weighted by atomic mass is 10.1. The highest BCUT2D eigenvalue weighted by Crippen LogP contribution is 2.17. The average Bonchev–Trinajstić information content (AvgIpc) is 2.65. The summed E-state index contributed by atoms with van der Waals surface area (Å²) in [4.78, 5) is 4.22. The molecule has 132 valence electrons. The third kappa shape index (κ3) is 6.63. The van der Waals surface area contributed by atoms with E-state index in [9.17, 15) is 0 Å². The van der Waals surface area contributed by atoms with Crippen molar-refractivity contribution in [2.45, 2.75) is 13.0 Å². The van der Waals surface area contributed by atoms with Gasteiger partial charge >= 0.3 is 0 Å². The van der Waals surface area contributed by atoms with Crippen LogP contribution in [0.15, 0.2) is 53.5 Å². The molecular weight excluding hydrogens is 427 g/mol. The lowest BCUT2D eigenvalue weighted by Gasteiger charge is -2.13. The molecule has 2 N–H and O–H groups in total. The highest BCUT2D eigenvalue weighted by Gasteiger charge is 2.03. The van der Waals surface area contributed by atoms with Crippen LogP contribution in [0.3, 0.4) is 0 Å². The molecule has 25 heavy (non-hydrogen) atoms. The number of methoxy groups -OCH3 is 1. The highest BCUT2D eigenvalue weighted by atomic mass is 127. The Bertz CT molecular complexity index is 740. The van der Waals surface area contributed by atoms with Crippen LogP contribution in [-0.4, -0.2) is 26.7 Å². The molecule has 0 atom stereocenters. The summed E-state index contributed by atoms with van der Waals surface area (Å²) in [7, 11) is 3.42. The second-order valence-electron chi connectivity index (χ2n) is 5.23. The van der Waals surface area contributed by atoms with E-state index >= 15 is 0 Å². The van der Waals surface area contributed by atoms with E-state index in [2.05, 4.69) is 27.8 Å². The van der Waals surface area contributed by atoms with Gasteiger partial charge in [0.2, 0.25) is 0 Å². The van der Waals surface area contributed by atoms with E-state index in [4.69, 9.17) is 10.00 Å². The van der Waals surface area contributed by atoms with Crippen molar-refractivity contribution in [2.24, 2.45) is 4.99 Å². The minimum Gasteiger partial charge on any atom is -0.496 e. The molecule has 0 amide bonds. The van der Waals surface area contributed by atoms with Gasteiger partial charge in [-0.2, -0.15) is 5.26 Å². The number of benzene rings is 2. The van der Waals surface area contributed by atoms with E-state index < -0.39 is 0 Å². The van der Waals surface area contributed by atoms with Gasteiger partial charge in [-0.15, -0.1) is 24.0 Å². The third-order valence-corrected chi connectivity index (χ3v) is 3.62. The quantitative estimate of drug-likeness (QED) is 0.403. The molecule has 5 nitrogen and oxygen atoms in total. The number of nitrogens with zero attached hydrogens (tertiary/aromatic N) is 2. The maximum absolute atomic E-state index is 8.94. The Kier molecular flexibility index (Phi) is 9.40. The summed E-state index contributed by atoms with van der Waals surface area (Å²) in [6.07, 6.45) is 0.842. The molecule has 0 bridgehead atoms. The number of rotatable bonds is 6. The van der Waals surface area contributed by atoms with Gasteiger partial charge in [-0.25, -0.2) is 0 Å². The molecule has 0 saturated carbocycles. The van der Waals surface area contributed by atoms with E-state index in [1.165, 1.54) is 0 Å². The fourth-order valence-electron chi connectivity index (χ4n) is 2.38. The van der Waals surface area contributed by atoms with Gasteiger partial charge in [0.05, 0.1) is 18.7 Å². The lowest BCUT2D eigenvalue weighted by Crippen LogP contribution is -2.37. The Morgan fingerprint density at radius 1 is 1.16 bits per heavy atom. The molecule has 0 spiro atoms. The second kappa shape index (κ2) is 11.3. The summed E-state index contributed by atoms with van der Waals surface area (Å²) < 4.78 is 5.36. The summed E-state index contributed by atoms with van der Waals surface area (Å²) in [5, 5.41) is 15.5. The van der Waals surface area contributed by atoms with Crippen molar-refractivity contribution < 1.29 is 4.74 Å². The van der Waals surface area contributed by atoms with E-state index in [1.54, 1.807) is 20.2 Å². The first-order valence-corrected chi connectivity index (χ1v) is 7.82. The first-order chi connectivity index (χ1) is 11.8. The normalized spacial score (nSPS) is 10.4. The minimum absolute atomic E-state index is 0. The third-order valence-electron chi connectivity index (χ3n) is 3.62. The zero-order chi connectivity index (χ0) is 17.2. The molecule has 0 aliphatic rings. The predicted molar refractivity (Wildman–Crippen MR) is 111 cm³/mol. The van der Waals surface area contributed by atoms with Crippen LogP contribution in [0.1, 0.15) is 16.7 Å². The van der Waals surface area contributed by atoms with E-state index in [0.29, 0.717) is 12.1 Å². The average molecular weight is 450 g/mol. The van der Waals surface area contributed by atoms with Crippen molar-refractivity contribution in [1.29, 1.82) is 5.26 Å². The fraction of sp³-hybridized carbons (Fsp3) is 0.263. The molecule has 0 aliphatic heterocycles. The van der Waals surface area contributed by atoms with Crippen LogP contribution in [0.5, 0.6) is 5.75 Å². The minimum atomic E-state index is 0. The first-order valence-electron chi connectivity index (χ1n) is 7.82. The van der Waals surface area contributed by atoms with E-state index in [1.807, 2.05) is 36.4 Å². The van der Waals surface area contributed by atoms with Gasteiger partial charge in [0.15, 0.2) is 5.96 Å². The molecule has 0 aliphatic carbocycles. The fourth-order valence-corrected chi connectivity index (χ4v) is 2.38. The Morgan fingerprint density at radius 2 is 1.96 bits per heavy atom. The molecular formula is C19H23IN4O. The monoisotopic (exact) mass is 450 g/mol. The number of nitriles is 1. The maximum Gasteiger partial charge on any atom is 0.191 e. The van der Waals surface area contributed by atoms with Crippen molar-refractivity contribution in [2.75, 3.05) is 20.7 Å². The largest absolute Gasteiger partial charge is 0.496 e. The molecule has 0 fully saturated rings. The lowest BCUT2D eigenvalue weighted by molar-refractivity contribution is 0.409. The molecule has 6 heteroatoms. The van der Waals surface area contributed by atoms with Gasteiger partial charge in [0, 0.05) is 20.1 Å². The summed E-state index contributed by atoms with van der Waals surface area (Å²) >= 11 is 0. The number of nitrogens with one attached hydrogen (secondary N) is 2. The van der Waals surface area contributed by atoms with Gasteiger partial charge in [0.1, 0.15) is 5.75 Å². The Hall–Kier alpha value is -2.27. The Balaban J connectivity index is 0.00000312. The molecule has 0 aromatic heterocycles. The molecule has 2 aromatic rings. The second-order valence-corrected chi connectivity index (χ2v) is 5.23. The number of hydrogen-bond donors (Lipinski definition) is 2. The topological polar surface area (TPSA) is 69.4 Å². The Labute approximate surface area is 166 Å². The first kappa shape index (κ1) is 20.8. The van der Waals surface area contributed by atoms with Crippen molar-refractivity contribution in [3.63, 3.8) is 0 Å².